The molecule has 1 aromatic heterocycles. The zero-order valence-corrected chi connectivity index (χ0v) is 12.2. The Labute approximate surface area is 122 Å². The lowest BCUT2D eigenvalue weighted by Crippen LogP contribution is -2.32. The summed E-state index contributed by atoms with van der Waals surface area (Å²) in [6.45, 7) is 3.78. The number of anilines is 1. The largest absolute Gasteiger partial charge is 0.324 e. The summed E-state index contributed by atoms with van der Waals surface area (Å²) in [5, 5.41) is 3.55. The number of rotatable bonds is 2. The number of carbonyl (C=O) groups is 1. The number of nitrogens with one attached hydrogen (secondary N) is 1. The SMILES string of the molecule is Cc1ccccc1-c1cnc(NC(=O)N2CCCC2)s1. The van der Waals surface area contributed by atoms with Gasteiger partial charge in [-0.1, -0.05) is 35.6 Å². The number of likely N-dealkylation sites (tertiary alicyclic amines) is 1. The fourth-order valence-electron chi connectivity index (χ4n) is 2.40. The number of urea groups is 1. The molecule has 2 heterocycles. The van der Waals surface area contributed by atoms with E-state index in [2.05, 4.69) is 29.4 Å². The zero-order valence-electron chi connectivity index (χ0n) is 11.4. The number of thiazole rings is 1. The van der Waals surface area contributed by atoms with Crippen molar-refractivity contribution < 1.29 is 4.79 Å². The maximum Gasteiger partial charge on any atom is 0.323 e. The second-order valence-electron chi connectivity index (χ2n) is 4.97. The first-order chi connectivity index (χ1) is 9.74. The van der Waals surface area contributed by atoms with Crippen LogP contribution in [0.15, 0.2) is 30.5 Å². The fraction of sp³-hybridized carbons (Fsp3) is 0.333. The molecule has 0 unspecified atom stereocenters. The van der Waals surface area contributed by atoms with Crippen LogP contribution in [0.5, 0.6) is 0 Å². The molecule has 1 saturated heterocycles. The first-order valence-electron chi connectivity index (χ1n) is 6.82. The Bertz CT molecular complexity index is 617. The van der Waals surface area contributed by atoms with Crippen molar-refractivity contribution in [2.45, 2.75) is 19.8 Å². The van der Waals surface area contributed by atoms with Crippen LogP contribution in [0.4, 0.5) is 9.93 Å². The number of hydrogen-bond acceptors (Lipinski definition) is 3. The Kier molecular flexibility index (Phi) is 3.69. The zero-order chi connectivity index (χ0) is 13.9. The quantitative estimate of drug-likeness (QED) is 0.914. The van der Waals surface area contributed by atoms with Crippen LogP contribution in [0, 0.1) is 6.92 Å². The molecule has 1 aromatic carbocycles. The minimum Gasteiger partial charge on any atom is -0.324 e. The highest BCUT2D eigenvalue weighted by Gasteiger charge is 2.19. The van der Waals surface area contributed by atoms with Crippen molar-refractivity contribution in [1.29, 1.82) is 0 Å². The van der Waals surface area contributed by atoms with E-state index in [1.54, 1.807) is 0 Å². The lowest BCUT2D eigenvalue weighted by atomic mass is 10.1. The van der Waals surface area contributed by atoms with Crippen molar-refractivity contribution in [2.75, 3.05) is 18.4 Å². The lowest BCUT2D eigenvalue weighted by Gasteiger charge is -2.14. The number of nitrogens with zero attached hydrogens (tertiary/aromatic N) is 2. The van der Waals surface area contributed by atoms with Gasteiger partial charge in [-0.15, -0.1) is 0 Å². The van der Waals surface area contributed by atoms with E-state index < -0.39 is 0 Å². The van der Waals surface area contributed by atoms with Crippen LogP contribution in [-0.4, -0.2) is 29.0 Å². The summed E-state index contributed by atoms with van der Waals surface area (Å²) in [6, 6.07) is 8.17. The molecule has 1 N–H and O–H groups in total. The molecule has 1 aliphatic rings. The average Bonchev–Trinajstić information content (AvgIpc) is 3.10. The van der Waals surface area contributed by atoms with Gasteiger partial charge < -0.3 is 4.90 Å². The molecule has 20 heavy (non-hydrogen) atoms. The van der Waals surface area contributed by atoms with Crippen LogP contribution in [0.1, 0.15) is 18.4 Å². The Morgan fingerprint density at radius 1 is 1.30 bits per heavy atom. The van der Waals surface area contributed by atoms with E-state index in [0.717, 1.165) is 30.8 Å². The second-order valence-corrected chi connectivity index (χ2v) is 6.00. The van der Waals surface area contributed by atoms with Gasteiger partial charge in [-0.05, 0) is 30.9 Å². The molecule has 1 aliphatic heterocycles. The van der Waals surface area contributed by atoms with Gasteiger partial charge in [-0.3, -0.25) is 5.32 Å². The molecule has 2 aromatic rings. The Balaban J connectivity index is 1.74. The van der Waals surface area contributed by atoms with Crippen molar-refractivity contribution in [3.05, 3.63) is 36.0 Å². The molecule has 104 valence electrons. The maximum absolute atomic E-state index is 12.0. The van der Waals surface area contributed by atoms with Gasteiger partial charge in [0.2, 0.25) is 0 Å². The summed E-state index contributed by atoms with van der Waals surface area (Å²) < 4.78 is 0. The highest BCUT2D eigenvalue weighted by Crippen LogP contribution is 2.31. The number of aryl methyl sites for hydroxylation is 1. The maximum atomic E-state index is 12.0. The second kappa shape index (κ2) is 5.63. The Morgan fingerprint density at radius 3 is 2.80 bits per heavy atom. The summed E-state index contributed by atoms with van der Waals surface area (Å²) in [5.41, 5.74) is 2.39. The standard InChI is InChI=1S/C15H17N3OS/c1-11-6-2-3-7-12(11)13-10-16-14(20-13)17-15(19)18-8-4-5-9-18/h2-3,6-7,10H,4-5,8-9H2,1H3,(H,16,17,19). The van der Waals surface area contributed by atoms with Crippen molar-refractivity contribution in [3.8, 4) is 10.4 Å². The first kappa shape index (κ1) is 13.1. The fourth-order valence-corrected chi connectivity index (χ4v) is 3.29. The molecular formula is C15H17N3OS. The molecule has 0 radical (unpaired) electrons. The monoisotopic (exact) mass is 287 g/mol. The minimum atomic E-state index is -0.0341. The number of hydrogen-bond donors (Lipinski definition) is 1. The number of aromatic nitrogens is 1. The third-order valence-electron chi connectivity index (χ3n) is 3.52. The van der Waals surface area contributed by atoms with Crippen LogP contribution in [-0.2, 0) is 0 Å². The third kappa shape index (κ3) is 2.67. The van der Waals surface area contributed by atoms with Gasteiger partial charge in [0.1, 0.15) is 0 Å². The van der Waals surface area contributed by atoms with E-state index in [4.69, 9.17) is 0 Å². The van der Waals surface area contributed by atoms with Gasteiger partial charge in [0.15, 0.2) is 5.13 Å². The number of amides is 2. The van der Waals surface area contributed by atoms with E-state index in [1.165, 1.54) is 22.5 Å². The number of carbonyl (C=O) groups excluding carboxylic acids is 1. The molecule has 5 heteroatoms. The highest BCUT2D eigenvalue weighted by molar-refractivity contribution is 7.19. The van der Waals surface area contributed by atoms with Gasteiger partial charge in [0.25, 0.3) is 0 Å². The summed E-state index contributed by atoms with van der Waals surface area (Å²) >= 11 is 1.52. The van der Waals surface area contributed by atoms with Crippen molar-refractivity contribution in [3.63, 3.8) is 0 Å². The van der Waals surface area contributed by atoms with Crippen LogP contribution >= 0.6 is 11.3 Å². The van der Waals surface area contributed by atoms with Crippen molar-refractivity contribution >= 4 is 22.5 Å². The average molecular weight is 287 g/mol. The first-order valence-corrected chi connectivity index (χ1v) is 7.63. The van der Waals surface area contributed by atoms with Crippen LogP contribution < -0.4 is 5.32 Å². The molecule has 0 atom stereocenters. The normalized spacial score (nSPS) is 14.6. The highest BCUT2D eigenvalue weighted by atomic mass is 32.1. The van der Waals surface area contributed by atoms with Crippen LogP contribution in [0.3, 0.4) is 0 Å². The van der Waals surface area contributed by atoms with Crippen LogP contribution in [0.2, 0.25) is 0 Å². The molecule has 0 bridgehead atoms. The van der Waals surface area contributed by atoms with Gasteiger partial charge in [0, 0.05) is 19.3 Å². The number of benzene rings is 1. The van der Waals surface area contributed by atoms with Gasteiger partial charge in [0.05, 0.1) is 4.88 Å². The van der Waals surface area contributed by atoms with Gasteiger partial charge >= 0.3 is 6.03 Å². The predicted molar refractivity (Wildman–Crippen MR) is 82.1 cm³/mol. The summed E-state index contributed by atoms with van der Waals surface area (Å²) in [4.78, 5) is 19.2. The molecule has 3 rings (SSSR count). The minimum absolute atomic E-state index is 0.0341. The Hall–Kier alpha value is -1.88. The summed E-state index contributed by atoms with van der Waals surface area (Å²) in [6.07, 6.45) is 4.02. The molecule has 1 fully saturated rings. The van der Waals surface area contributed by atoms with Crippen molar-refractivity contribution in [2.24, 2.45) is 0 Å². The summed E-state index contributed by atoms with van der Waals surface area (Å²) in [7, 11) is 0. The smallest absolute Gasteiger partial charge is 0.323 e. The van der Waals surface area contributed by atoms with Crippen molar-refractivity contribution in [1.82, 2.24) is 9.88 Å². The van der Waals surface area contributed by atoms with E-state index in [9.17, 15) is 4.79 Å². The van der Waals surface area contributed by atoms with Gasteiger partial charge in [-0.25, -0.2) is 9.78 Å². The van der Waals surface area contributed by atoms with E-state index >= 15 is 0 Å². The topological polar surface area (TPSA) is 45.2 Å². The van der Waals surface area contributed by atoms with Crippen LogP contribution in [0.25, 0.3) is 10.4 Å². The Morgan fingerprint density at radius 2 is 2.05 bits per heavy atom. The lowest BCUT2D eigenvalue weighted by molar-refractivity contribution is 0.222. The molecule has 4 nitrogen and oxygen atoms in total. The van der Waals surface area contributed by atoms with Gasteiger partial charge in [-0.2, -0.15) is 0 Å². The molecular weight excluding hydrogens is 270 g/mol. The molecule has 0 spiro atoms. The van der Waals surface area contributed by atoms with E-state index in [-0.39, 0.29) is 6.03 Å². The predicted octanol–water partition coefficient (Wildman–Crippen LogP) is 3.75. The van der Waals surface area contributed by atoms with E-state index in [0.29, 0.717) is 5.13 Å². The molecule has 0 saturated carbocycles. The molecule has 2 amide bonds. The molecule has 0 aliphatic carbocycles. The third-order valence-corrected chi connectivity index (χ3v) is 4.47. The summed E-state index contributed by atoms with van der Waals surface area (Å²) in [5.74, 6) is 0. The van der Waals surface area contributed by atoms with E-state index in [1.807, 2.05) is 23.2 Å².